The van der Waals surface area contributed by atoms with Gasteiger partial charge >= 0.3 is 0 Å². The van der Waals surface area contributed by atoms with E-state index in [9.17, 15) is 0 Å². The minimum Gasteiger partial charge on any atom is -0.401 e. The van der Waals surface area contributed by atoms with Gasteiger partial charge in [0.15, 0.2) is 0 Å². The Balaban J connectivity index is 4.09. The molecule has 2 N–H and O–H groups in total. The number of hydrogen-bond donors (Lipinski definition) is 1. The van der Waals surface area contributed by atoms with E-state index in [4.69, 9.17) is 11.0 Å². The average Bonchev–Trinajstić information content (AvgIpc) is 1.85. The van der Waals surface area contributed by atoms with Crippen LogP contribution in [0.25, 0.3) is 0 Å². The number of nitrogens with zero attached hydrogens (tertiary/aromatic N) is 1. The van der Waals surface area contributed by atoms with Gasteiger partial charge in [-0.15, -0.1) is 0 Å². The second-order valence-corrected chi connectivity index (χ2v) is 2.86. The van der Waals surface area contributed by atoms with Crippen molar-refractivity contribution in [3.8, 4) is 6.07 Å². The molecule has 0 aliphatic carbocycles. The van der Waals surface area contributed by atoms with Crippen molar-refractivity contribution < 1.29 is 0 Å². The smallest absolute Gasteiger partial charge is 0.0962 e. The Bertz CT molecular complexity index is 172. The van der Waals surface area contributed by atoms with Crippen LogP contribution in [-0.4, -0.2) is 0 Å². The molecule has 0 fully saturated rings. The molecule has 0 rings (SSSR count). The van der Waals surface area contributed by atoms with Crippen LogP contribution in [-0.2, 0) is 0 Å². The van der Waals surface area contributed by atoms with Crippen molar-refractivity contribution in [2.75, 3.05) is 0 Å². The van der Waals surface area contributed by atoms with Gasteiger partial charge in [-0.05, 0) is 19.3 Å². The van der Waals surface area contributed by atoms with Gasteiger partial charge in [-0.1, -0.05) is 13.8 Å². The predicted molar refractivity (Wildman–Crippen MR) is 42.0 cm³/mol. The minimum atomic E-state index is 0.531. The van der Waals surface area contributed by atoms with Gasteiger partial charge in [0.05, 0.1) is 6.07 Å². The van der Waals surface area contributed by atoms with Crippen molar-refractivity contribution >= 4 is 0 Å². The third-order valence-corrected chi connectivity index (χ3v) is 1.28. The van der Waals surface area contributed by atoms with Crippen LogP contribution in [0.2, 0.25) is 0 Å². The number of nitrogens with two attached hydrogens (primary N) is 1. The summed E-state index contributed by atoms with van der Waals surface area (Å²) >= 11 is 0. The summed E-state index contributed by atoms with van der Waals surface area (Å²) in [6.07, 6.45) is 0.819. The third kappa shape index (κ3) is 3.13. The summed E-state index contributed by atoms with van der Waals surface area (Å²) in [6.45, 7) is 5.91. The molecule has 0 unspecified atom stereocenters. The molecule has 0 radical (unpaired) electrons. The van der Waals surface area contributed by atoms with Gasteiger partial charge in [0.2, 0.25) is 0 Å². The Morgan fingerprint density at radius 1 is 1.60 bits per heavy atom. The highest BCUT2D eigenvalue weighted by Crippen LogP contribution is 2.08. The average molecular weight is 138 g/mol. The van der Waals surface area contributed by atoms with Crippen LogP contribution in [0.4, 0.5) is 0 Å². The second kappa shape index (κ2) is 3.94. The number of rotatable bonds is 2. The maximum absolute atomic E-state index is 8.43. The van der Waals surface area contributed by atoms with Crippen molar-refractivity contribution in [3.63, 3.8) is 0 Å². The summed E-state index contributed by atoms with van der Waals surface area (Å²) in [5.74, 6) is 0.531. The summed E-state index contributed by atoms with van der Waals surface area (Å²) in [6, 6.07) is 2.02. The number of allylic oxidation sites excluding steroid dienone is 2. The molecule has 0 aliphatic rings. The highest BCUT2D eigenvalue weighted by atomic mass is 14.6. The van der Waals surface area contributed by atoms with Crippen molar-refractivity contribution in [1.29, 1.82) is 5.26 Å². The van der Waals surface area contributed by atoms with Crippen LogP contribution >= 0.6 is 0 Å². The van der Waals surface area contributed by atoms with E-state index in [0.717, 1.165) is 12.1 Å². The molecule has 0 aromatic rings. The van der Waals surface area contributed by atoms with Crippen molar-refractivity contribution in [2.24, 2.45) is 11.7 Å². The summed E-state index contributed by atoms with van der Waals surface area (Å²) < 4.78 is 0. The lowest BCUT2D eigenvalue weighted by Crippen LogP contribution is -2.03. The van der Waals surface area contributed by atoms with Crippen LogP contribution in [0.1, 0.15) is 27.2 Å². The largest absolute Gasteiger partial charge is 0.401 e. The first-order valence-corrected chi connectivity index (χ1v) is 3.43. The van der Waals surface area contributed by atoms with Gasteiger partial charge in [-0.3, -0.25) is 0 Å². The van der Waals surface area contributed by atoms with Crippen LogP contribution in [0, 0.1) is 17.2 Å². The zero-order valence-electron chi connectivity index (χ0n) is 6.81. The van der Waals surface area contributed by atoms with Crippen LogP contribution in [0.5, 0.6) is 0 Å². The maximum Gasteiger partial charge on any atom is 0.0962 e. The van der Waals surface area contributed by atoms with Crippen molar-refractivity contribution in [3.05, 3.63) is 11.3 Å². The highest BCUT2D eigenvalue weighted by molar-refractivity contribution is 5.23. The third-order valence-electron chi connectivity index (χ3n) is 1.28. The Morgan fingerprint density at radius 3 is 2.40 bits per heavy atom. The standard InChI is InChI=1S/C8H14N2/c1-6(2)4-8(10)7(3)5-9/h6H,4,10H2,1-3H3/b8-7+. The van der Waals surface area contributed by atoms with E-state index in [-0.39, 0.29) is 0 Å². The van der Waals surface area contributed by atoms with E-state index >= 15 is 0 Å². The summed E-state index contributed by atoms with van der Waals surface area (Å²) in [5.41, 5.74) is 6.95. The van der Waals surface area contributed by atoms with Gasteiger partial charge in [0.25, 0.3) is 0 Å². The van der Waals surface area contributed by atoms with Gasteiger partial charge < -0.3 is 5.73 Å². The van der Waals surface area contributed by atoms with E-state index in [1.807, 2.05) is 6.07 Å². The van der Waals surface area contributed by atoms with E-state index < -0.39 is 0 Å². The molecule has 10 heavy (non-hydrogen) atoms. The Labute approximate surface area is 62.3 Å². The molecule has 56 valence electrons. The maximum atomic E-state index is 8.43. The number of hydrogen-bond acceptors (Lipinski definition) is 2. The first kappa shape index (κ1) is 9.03. The monoisotopic (exact) mass is 138 g/mol. The van der Waals surface area contributed by atoms with E-state index in [1.165, 1.54) is 0 Å². The van der Waals surface area contributed by atoms with E-state index in [2.05, 4.69) is 13.8 Å². The van der Waals surface area contributed by atoms with E-state index in [0.29, 0.717) is 11.5 Å². The number of nitriles is 1. The molecule has 0 aromatic heterocycles. The molecule has 0 aromatic carbocycles. The molecule has 0 bridgehead atoms. The summed E-state index contributed by atoms with van der Waals surface area (Å²) in [7, 11) is 0. The lowest BCUT2D eigenvalue weighted by molar-refractivity contribution is 0.635. The predicted octanol–water partition coefficient (Wildman–Crippen LogP) is 1.79. The fourth-order valence-electron chi connectivity index (χ4n) is 0.665. The van der Waals surface area contributed by atoms with Gasteiger partial charge in [-0.2, -0.15) is 5.26 Å². The SMILES string of the molecule is C/C(C#N)=C(\N)CC(C)C. The zero-order valence-corrected chi connectivity index (χ0v) is 6.81. The van der Waals surface area contributed by atoms with Gasteiger partial charge in [0.1, 0.15) is 0 Å². The first-order chi connectivity index (χ1) is 4.57. The fourth-order valence-corrected chi connectivity index (χ4v) is 0.665. The molecular formula is C8H14N2. The molecule has 0 atom stereocenters. The normalized spacial score (nSPS) is 12.7. The van der Waals surface area contributed by atoms with Gasteiger partial charge in [0, 0.05) is 11.3 Å². The topological polar surface area (TPSA) is 49.8 Å². The summed E-state index contributed by atoms with van der Waals surface area (Å²) in [5, 5.41) is 8.43. The van der Waals surface area contributed by atoms with Gasteiger partial charge in [-0.25, -0.2) is 0 Å². The fraction of sp³-hybridized carbons (Fsp3) is 0.625. The minimum absolute atomic E-state index is 0.531. The Hall–Kier alpha value is -0.970. The molecule has 2 heteroatoms. The molecule has 0 heterocycles. The van der Waals surface area contributed by atoms with Crippen molar-refractivity contribution in [1.82, 2.24) is 0 Å². The zero-order chi connectivity index (χ0) is 8.15. The van der Waals surface area contributed by atoms with Crippen LogP contribution in [0.3, 0.4) is 0 Å². The molecule has 0 saturated carbocycles. The molecule has 2 nitrogen and oxygen atoms in total. The molecule has 0 amide bonds. The highest BCUT2D eigenvalue weighted by Gasteiger charge is 1.99. The Morgan fingerprint density at radius 2 is 2.10 bits per heavy atom. The lowest BCUT2D eigenvalue weighted by Gasteiger charge is -2.04. The van der Waals surface area contributed by atoms with Crippen LogP contribution in [0.15, 0.2) is 11.3 Å². The van der Waals surface area contributed by atoms with Crippen molar-refractivity contribution in [2.45, 2.75) is 27.2 Å². The summed E-state index contributed by atoms with van der Waals surface area (Å²) in [4.78, 5) is 0. The Kier molecular flexibility index (Phi) is 3.56. The molecular weight excluding hydrogens is 124 g/mol. The molecule has 0 aliphatic heterocycles. The molecule has 0 saturated heterocycles. The lowest BCUT2D eigenvalue weighted by atomic mass is 10.1. The first-order valence-electron chi connectivity index (χ1n) is 3.43. The second-order valence-electron chi connectivity index (χ2n) is 2.86. The van der Waals surface area contributed by atoms with E-state index in [1.54, 1.807) is 6.92 Å². The van der Waals surface area contributed by atoms with Crippen LogP contribution < -0.4 is 5.73 Å². The quantitative estimate of drug-likeness (QED) is 0.591. The molecule has 0 spiro atoms.